The van der Waals surface area contributed by atoms with E-state index >= 15 is 0 Å². The number of nitrogens with one attached hydrogen (secondary N) is 3. The molecule has 0 radical (unpaired) electrons. The lowest BCUT2D eigenvalue weighted by atomic mass is 9.80. The Bertz CT molecular complexity index is 2510. The number of carboxylic acids is 1. The van der Waals surface area contributed by atoms with Gasteiger partial charge in [-0.3, -0.25) is 9.59 Å². The fourth-order valence-corrected chi connectivity index (χ4v) is 11.6. The first kappa shape index (κ1) is 57.8. The van der Waals surface area contributed by atoms with Gasteiger partial charge in [0.2, 0.25) is 5.91 Å². The standard InChI is InChI=1S/C29H42ClN3O3.C15H19ClN2.C14H25NO4/c1-18(2)15-25-26-23(22-12-11-21(30)16-24(22)31-26)13-14-33(25)27(34)20-9-7-19(8-10-20)17-32(6)28(35)36-29(3,4)5;1-9(2)7-14-15-12(5-6-17-14)11-4-3-10(16)8-13(11)18-15;1-14(2,3)19-13(18)15(4)9-10-5-7-11(8-6-10)12(16)17/h11-12,16,18-20,25,31H,7-10,13-15,17H2,1-6H3;3-4,8-9,14,17-18H,5-7H2,1-2H3;10-11H,5-9H2,1-4H3,(H,16,17). The molecule has 4 aliphatic rings. The molecular formula is C58H86Cl2N6O7. The van der Waals surface area contributed by atoms with Crippen LogP contribution in [0.2, 0.25) is 10.0 Å². The van der Waals surface area contributed by atoms with E-state index in [1.807, 2.05) is 65.8 Å². The van der Waals surface area contributed by atoms with Crippen LogP contribution in [0.1, 0.15) is 168 Å². The van der Waals surface area contributed by atoms with E-state index in [0.717, 1.165) is 86.4 Å². The summed E-state index contributed by atoms with van der Waals surface area (Å²) in [4.78, 5) is 61.5. The van der Waals surface area contributed by atoms with Gasteiger partial charge in [-0.15, -0.1) is 0 Å². The topological polar surface area (TPSA) is 160 Å². The number of ether oxygens (including phenoxy) is 2. The third-order valence-electron chi connectivity index (χ3n) is 14.8. The lowest BCUT2D eigenvalue weighted by Crippen LogP contribution is -2.45. The number of hydrogen-bond donors (Lipinski definition) is 4. The number of halogens is 2. The van der Waals surface area contributed by atoms with Crippen LogP contribution in [0.4, 0.5) is 9.59 Å². The van der Waals surface area contributed by atoms with E-state index in [4.69, 9.17) is 37.8 Å². The zero-order valence-electron chi connectivity index (χ0n) is 45.9. The number of nitrogens with zero attached hydrogens (tertiary/aromatic N) is 3. The number of carboxylic acid groups (broad SMARTS) is 1. The van der Waals surface area contributed by atoms with E-state index in [9.17, 15) is 19.2 Å². The molecule has 13 nitrogen and oxygen atoms in total. The van der Waals surface area contributed by atoms with Gasteiger partial charge in [-0.1, -0.05) is 63.0 Å². The minimum atomic E-state index is -0.695. The first-order valence-electron chi connectivity index (χ1n) is 27.0. The Morgan fingerprint density at radius 1 is 0.671 bits per heavy atom. The fraction of sp³-hybridized carbons (Fsp3) is 0.655. The van der Waals surface area contributed by atoms with Crippen molar-refractivity contribution in [2.24, 2.45) is 35.5 Å². The van der Waals surface area contributed by atoms with Crippen molar-refractivity contribution in [3.8, 4) is 0 Å². The number of carbonyl (C=O) groups excluding carboxylic acids is 3. The monoisotopic (exact) mass is 1050 g/mol. The molecule has 2 aromatic heterocycles. The van der Waals surface area contributed by atoms with Gasteiger partial charge in [-0.05, 0) is 184 Å². The maximum absolute atomic E-state index is 13.8. The molecule has 2 unspecified atom stereocenters. The Morgan fingerprint density at radius 2 is 1.12 bits per heavy atom. The molecule has 2 fully saturated rings. The van der Waals surface area contributed by atoms with Gasteiger partial charge in [0, 0.05) is 88.9 Å². The number of carbonyl (C=O) groups is 4. The number of benzene rings is 2. The highest BCUT2D eigenvalue weighted by atomic mass is 35.5. The molecule has 2 aromatic carbocycles. The predicted octanol–water partition coefficient (Wildman–Crippen LogP) is 13.8. The minimum absolute atomic E-state index is 0.0584. The van der Waals surface area contributed by atoms with Crippen molar-refractivity contribution in [1.29, 1.82) is 0 Å². The van der Waals surface area contributed by atoms with Crippen molar-refractivity contribution in [2.45, 2.75) is 170 Å². The summed E-state index contributed by atoms with van der Waals surface area (Å²) in [6.07, 6.45) is 10.3. The minimum Gasteiger partial charge on any atom is -0.481 e. The van der Waals surface area contributed by atoms with Crippen molar-refractivity contribution in [3.05, 3.63) is 69.0 Å². The van der Waals surface area contributed by atoms with Crippen molar-refractivity contribution in [3.63, 3.8) is 0 Å². The van der Waals surface area contributed by atoms with Crippen molar-refractivity contribution in [2.75, 3.05) is 40.3 Å². The summed E-state index contributed by atoms with van der Waals surface area (Å²) in [6.45, 7) is 23.3. The zero-order chi connectivity index (χ0) is 53.5. The lowest BCUT2D eigenvalue weighted by Gasteiger charge is -2.40. The van der Waals surface area contributed by atoms with Gasteiger partial charge in [0.1, 0.15) is 11.2 Å². The molecule has 4 aromatic rings. The van der Waals surface area contributed by atoms with Gasteiger partial charge >= 0.3 is 18.2 Å². The average Bonchev–Trinajstić information content (AvgIpc) is 3.86. The molecule has 3 amide bonds. The van der Waals surface area contributed by atoms with Gasteiger partial charge in [-0.25, -0.2) is 9.59 Å². The Balaban J connectivity index is 0.000000197. The summed E-state index contributed by atoms with van der Waals surface area (Å²) < 4.78 is 10.8. The van der Waals surface area contributed by atoms with Crippen LogP contribution in [0, 0.1) is 35.5 Å². The van der Waals surface area contributed by atoms with Gasteiger partial charge < -0.3 is 44.6 Å². The van der Waals surface area contributed by atoms with Crippen LogP contribution in [0.5, 0.6) is 0 Å². The first-order valence-corrected chi connectivity index (χ1v) is 27.8. The van der Waals surface area contributed by atoms with E-state index in [0.29, 0.717) is 61.6 Å². The van der Waals surface area contributed by atoms with E-state index in [2.05, 4.69) is 60.0 Å². The molecule has 4 heterocycles. The molecule has 0 spiro atoms. The van der Waals surface area contributed by atoms with E-state index in [1.54, 1.807) is 23.9 Å². The maximum Gasteiger partial charge on any atom is 0.410 e. The van der Waals surface area contributed by atoms with Crippen molar-refractivity contribution < 1.29 is 33.8 Å². The molecule has 73 heavy (non-hydrogen) atoms. The van der Waals surface area contributed by atoms with Crippen LogP contribution in [0.15, 0.2) is 36.4 Å². The predicted molar refractivity (Wildman–Crippen MR) is 294 cm³/mol. The average molecular weight is 1050 g/mol. The molecule has 0 saturated heterocycles. The normalized spacial score (nSPS) is 22.1. The van der Waals surface area contributed by atoms with Gasteiger partial charge in [-0.2, -0.15) is 0 Å². The number of amides is 3. The molecule has 8 rings (SSSR count). The quantitative estimate of drug-likeness (QED) is 0.122. The van der Waals surface area contributed by atoms with E-state index in [1.165, 1.54) is 45.2 Å². The first-order chi connectivity index (χ1) is 34.3. The largest absolute Gasteiger partial charge is 0.481 e. The molecule has 404 valence electrons. The number of H-pyrrole nitrogens is 2. The van der Waals surface area contributed by atoms with Crippen molar-refractivity contribution >= 4 is 69.1 Å². The number of rotatable bonds is 10. The third kappa shape index (κ3) is 16.0. The second-order valence-corrected chi connectivity index (χ2v) is 25.1. The second kappa shape index (κ2) is 24.9. The molecule has 2 atom stereocenters. The smallest absolute Gasteiger partial charge is 0.410 e. The third-order valence-corrected chi connectivity index (χ3v) is 15.3. The van der Waals surface area contributed by atoms with Crippen LogP contribution < -0.4 is 5.32 Å². The van der Waals surface area contributed by atoms with Crippen LogP contribution in [0.25, 0.3) is 21.8 Å². The summed E-state index contributed by atoms with van der Waals surface area (Å²) >= 11 is 12.3. The Labute approximate surface area is 445 Å². The lowest BCUT2D eigenvalue weighted by molar-refractivity contribution is -0.143. The number of hydrogen-bond acceptors (Lipinski definition) is 7. The molecule has 2 aliphatic carbocycles. The number of aromatic amines is 2. The summed E-state index contributed by atoms with van der Waals surface area (Å²) in [5.74, 6) is 1.42. The summed E-state index contributed by atoms with van der Waals surface area (Å²) in [7, 11) is 3.54. The molecule has 4 N–H and O–H groups in total. The van der Waals surface area contributed by atoms with Gasteiger partial charge in [0.05, 0.1) is 12.0 Å². The number of aromatic nitrogens is 2. The highest BCUT2D eigenvalue weighted by Gasteiger charge is 2.38. The number of aliphatic carboxylic acids is 1. The molecule has 15 heteroatoms. The Hall–Kier alpha value is -4.46. The summed E-state index contributed by atoms with van der Waals surface area (Å²) in [5, 5.41) is 16.6. The molecule has 0 bridgehead atoms. The van der Waals surface area contributed by atoms with Crippen LogP contribution in [-0.4, -0.2) is 105 Å². The van der Waals surface area contributed by atoms with Crippen LogP contribution >= 0.6 is 23.2 Å². The molecular weight excluding hydrogens is 964 g/mol. The van der Waals surface area contributed by atoms with E-state index in [-0.39, 0.29) is 30.1 Å². The van der Waals surface area contributed by atoms with Gasteiger partial charge in [0.15, 0.2) is 0 Å². The van der Waals surface area contributed by atoms with Crippen LogP contribution in [-0.2, 0) is 31.9 Å². The Morgan fingerprint density at radius 3 is 1.58 bits per heavy atom. The highest BCUT2D eigenvalue weighted by molar-refractivity contribution is 6.31. The molecule has 2 saturated carbocycles. The zero-order valence-corrected chi connectivity index (χ0v) is 47.4. The maximum atomic E-state index is 13.8. The second-order valence-electron chi connectivity index (χ2n) is 24.2. The summed E-state index contributed by atoms with van der Waals surface area (Å²) in [6, 6.07) is 12.7. The fourth-order valence-electron chi connectivity index (χ4n) is 11.3. The van der Waals surface area contributed by atoms with Crippen molar-refractivity contribution in [1.82, 2.24) is 30.0 Å². The number of fused-ring (bicyclic) bond motifs is 6. The Kier molecular flexibility index (Phi) is 19.7. The highest BCUT2D eigenvalue weighted by Crippen LogP contribution is 2.41. The SMILES string of the molecule is CC(C)CC1NCCc2c1[nH]c1cc(Cl)ccc21.CC(C)CC1c2[nH]c3cc(Cl)ccc3c2CCN1C(=O)C1CCC(CN(C)C(=O)OC(C)(C)C)CC1.CN(CC1CCC(C(=O)O)CC1)C(=O)OC(C)(C)C. The molecule has 2 aliphatic heterocycles. The van der Waals surface area contributed by atoms with E-state index < -0.39 is 17.2 Å². The van der Waals surface area contributed by atoms with Crippen LogP contribution in [0.3, 0.4) is 0 Å². The summed E-state index contributed by atoms with van der Waals surface area (Å²) in [5.41, 5.74) is 6.63. The van der Waals surface area contributed by atoms with Gasteiger partial charge in [0.25, 0.3) is 0 Å².